The van der Waals surface area contributed by atoms with Gasteiger partial charge < -0.3 is 0 Å². The van der Waals surface area contributed by atoms with E-state index in [1.165, 1.54) is 0 Å². The van der Waals surface area contributed by atoms with Crippen molar-refractivity contribution in [2.75, 3.05) is 0 Å². The van der Waals surface area contributed by atoms with Gasteiger partial charge in [0, 0.05) is 0 Å². The summed E-state index contributed by atoms with van der Waals surface area (Å²) in [4.78, 5) is 0. The molecule has 2 nitrogen and oxygen atoms in total. The summed E-state index contributed by atoms with van der Waals surface area (Å²) in [6.07, 6.45) is 1.64. The number of hydrogen-bond donors (Lipinski definition) is 1. The van der Waals surface area contributed by atoms with Crippen LogP contribution < -0.4 is 0 Å². The van der Waals surface area contributed by atoms with E-state index in [2.05, 4.69) is 0 Å². The predicted molar refractivity (Wildman–Crippen MR) is 29.8 cm³/mol. The first kappa shape index (κ1) is 6.95. The monoisotopic (exact) mass is 121 g/mol. The molecule has 0 aliphatic rings. The molecule has 0 aliphatic heterocycles. The molecule has 0 amide bonds. The Morgan fingerprint density at radius 1 is 1.57 bits per heavy atom. The van der Waals surface area contributed by atoms with Crippen LogP contribution in [0.2, 0.25) is 0 Å². The molecule has 0 N–H and O–H groups in total. The second-order valence-corrected chi connectivity index (χ2v) is 2.74. The van der Waals surface area contributed by atoms with Crippen LogP contribution in [0, 0.1) is 6.42 Å². The Kier molecular flexibility index (Phi) is 3.00. The first-order valence-corrected chi connectivity index (χ1v) is 3.36. The van der Waals surface area contributed by atoms with Crippen molar-refractivity contribution in [3.63, 3.8) is 0 Å². The highest BCUT2D eigenvalue weighted by Crippen LogP contribution is 1.89. The molecule has 0 saturated carbocycles. The molecule has 1 radical (unpaired) electrons. The smallest absolute Gasteiger partial charge is 0.143 e. The zero-order valence-corrected chi connectivity index (χ0v) is 5.31. The first-order chi connectivity index (χ1) is 3.18. The average Bonchev–Trinajstić information content (AvgIpc) is 1.65. The van der Waals surface area contributed by atoms with Gasteiger partial charge in [0.1, 0.15) is 10.7 Å². The fourth-order valence-electron chi connectivity index (χ4n) is 0.122. The van der Waals surface area contributed by atoms with E-state index in [4.69, 9.17) is 0 Å². The van der Waals surface area contributed by atoms with Crippen molar-refractivity contribution in [3.05, 3.63) is 6.42 Å². The van der Waals surface area contributed by atoms with Crippen molar-refractivity contribution < 1.29 is 8.42 Å². The third kappa shape index (κ3) is 2.62. The maximum absolute atomic E-state index is 9.94. The zero-order valence-electron chi connectivity index (χ0n) is 4.42. The Bertz CT molecular complexity index is 98.3. The molecule has 0 rings (SSSR count). The lowest BCUT2D eigenvalue weighted by molar-refractivity contribution is 0.608. The van der Waals surface area contributed by atoms with Crippen molar-refractivity contribution in [3.8, 4) is 0 Å². The van der Waals surface area contributed by atoms with Gasteiger partial charge in [-0.25, -0.2) is 8.42 Å². The third-order valence-corrected chi connectivity index (χ3v) is 1.78. The molecule has 7 heavy (non-hydrogen) atoms. The van der Waals surface area contributed by atoms with Gasteiger partial charge in [-0.1, -0.05) is 6.92 Å². The molecule has 1 unspecified atom stereocenters. The summed E-state index contributed by atoms with van der Waals surface area (Å²) in [5.41, 5.74) is 0. The molecule has 0 aromatic rings. The van der Waals surface area contributed by atoms with Gasteiger partial charge in [0.05, 0.1) is 5.25 Å². The summed E-state index contributed by atoms with van der Waals surface area (Å²) in [5, 5.41) is -0.269. The lowest BCUT2D eigenvalue weighted by Gasteiger charge is -1.91. The fraction of sp³-hybridized carbons (Fsp3) is 0.750. The third-order valence-electron chi connectivity index (χ3n) is 0.815. The van der Waals surface area contributed by atoms with Crippen LogP contribution in [0.1, 0.15) is 13.8 Å². The molecule has 0 spiro atoms. The Labute approximate surface area is 45.5 Å². The maximum Gasteiger partial charge on any atom is 0.143 e. The van der Waals surface area contributed by atoms with E-state index in [-0.39, 0.29) is 5.25 Å². The van der Waals surface area contributed by atoms with E-state index in [1.807, 2.05) is 0 Å². The summed E-state index contributed by atoms with van der Waals surface area (Å²) in [6, 6.07) is 0. The van der Waals surface area contributed by atoms with Gasteiger partial charge >= 0.3 is 0 Å². The summed E-state index contributed by atoms with van der Waals surface area (Å²) in [6.45, 7) is 3.38. The molecule has 0 aromatic heterocycles. The minimum atomic E-state index is -2.22. The standard InChI is InChI=1S/C4H9O2S/c1-3-4(2)7(5)6/h3-4,7H,1-2H3. The van der Waals surface area contributed by atoms with E-state index in [0.29, 0.717) is 0 Å². The molecular weight excluding hydrogens is 112 g/mol. The van der Waals surface area contributed by atoms with Crippen LogP contribution in [0.3, 0.4) is 0 Å². The second kappa shape index (κ2) is 3.02. The summed E-state index contributed by atoms with van der Waals surface area (Å²) in [7, 11) is -2.22. The van der Waals surface area contributed by atoms with Gasteiger partial charge in [-0.2, -0.15) is 0 Å². The minimum absolute atomic E-state index is 0.269. The molecule has 0 fully saturated rings. The molecule has 0 saturated heterocycles. The van der Waals surface area contributed by atoms with Gasteiger partial charge in [0.25, 0.3) is 0 Å². The van der Waals surface area contributed by atoms with Crippen molar-refractivity contribution in [2.24, 2.45) is 0 Å². The highest BCUT2D eigenvalue weighted by atomic mass is 32.2. The molecule has 0 bridgehead atoms. The van der Waals surface area contributed by atoms with E-state index < -0.39 is 10.7 Å². The van der Waals surface area contributed by atoms with Crippen LogP contribution in [-0.4, -0.2) is 13.7 Å². The largest absolute Gasteiger partial charge is 0.232 e. The van der Waals surface area contributed by atoms with Crippen LogP contribution in [0.4, 0.5) is 0 Å². The summed E-state index contributed by atoms with van der Waals surface area (Å²) < 4.78 is 19.9. The number of rotatable bonds is 2. The van der Waals surface area contributed by atoms with E-state index in [9.17, 15) is 8.42 Å². The SMILES string of the molecule is C[CH]C(C)[SH](=O)=O. The quantitative estimate of drug-likeness (QED) is 0.530. The Morgan fingerprint density at radius 3 is 2.00 bits per heavy atom. The molecule has 43 valence electrons. The van der Waals surface area contributed by atoms with Gasteiger partial charge in [0.15, 0.2) is 0 Å². The molecule has 0 aromatic carbocycles. The molecule has 0 aliphatic carbocycles. The van der Waals surface area contributed by atoms with E-state index >= 15 is 0 Å². The van der Waals surface area contributed by atoms with Gasteiger partial charge in [-0.3, -0.25) is 0 Å². The molecular formula is C4H9O2S. The van der Waals surface area contributed by atoms with E-state index in [0.717, 1.165) is 0 Å². The van der Waals surface area contributed by atoms with Crippen LogP contribution in [0.15, 0.2) is 0 Å². The number of hydrogen-bond acceptors (Lipinski definition) is 2. The molecule has 3 heteroatoms. The maximum atomic E-state index is 9.94. The van der Waals surface area contributed by atoms with Crippen molar-refractivity contribution >= 4 is 10.7 Å². The highest BCUT2D eigenvalue weighted by Gasteiger charge is 1.96. The lowest BCUT2D eigenvalue weighted by atomic mass is 10.4. The Hall–Kier alpha value is -0.0500. The van der Waals surface area contributed by atoms with Gasteiger partial charge in [-0.05, 0) is 13.3 Å². The predicted octanol–water partition coefficient (Wildman–Crippen LogP) is 0.210. The fourth-order valence-corrected chi connectivity index (χ4v) is 0.365. The van der Waals surface area contributed by atoms with Gasteiger partial charge in [-0.15, -0.1) is 0 Å². The summed E-state index contributed by atoms with van der Waals surface area (Å²) in [5.74, 6) is 0. The van der Waals surface area contributed by atoms with Crippen LogP contribution in [0.25, 0.3) is 0 Å². The Balaban J connectivity index is 3.57. The van der Waals surface area contributed by atoms with Crippen LogP contribution in [0.5, 0.6) is 0 Å². The Morgan fingerprint density at radius 2 is 2.00 bits per heavy atom. The van der Waals surface area contributed by atoms with Crippen molar-refractivity contribution in [1.82, 2.24) is 0 Å². The second-order valence-electron chi connectivity index (χ2n) is 1.36. The molecule has 1 atom stereocenters. The summed E-state index contributed by atoms with van der Waals surface area (Å²) >= 11 is 0. The number of thiol groups is 1. The highest BCUT2D eigenvalue weighted by molar-refractivity contribution is 7.73. The van der Waals surface area contributed by atoms with Crippen molar-refractivity contribution in [1.29, 1.82) is 0 Å². The van der Waals surface area contributed by atoms with E-state index in [1.54, 1.807) is 20.3 Å². The average molecular weight is 121 g/mol. The normalized spacial score (nSPS) is 14.7. The topological polar surface area (TPSA) is 34.1 Å². The van der Waals surface area contributed by atoms with Crippen LogP contribution in [-0.2, 0) is 10.7 Å². The van der Waals surface area contributed by atoms with Crippen molar-refractivity contribution in [2.45, 2.75) is 19.1 Å². The first-order valence-electron chi connectivity index (χ1n) is 2.11. The van der Waals surface area contributed by atoms with Crippen LogP contribution >= 0.6 is 0 Å². The van der Waals surface area contributed by atoms with Gasteiger partial charge in [0.2, 0.25) is 0 Å². The molecule has 0 heterocycles. The zero-order chi connectivity index (χ0) is 5.86. The minimum Gasteiger partial charge on any atom is -0.232 e. The lowest BCUT2D eigenvalue weighted by Crippen LogP contribution is -2.00.